The molecule has 4 heterocycles. The van der Waals surface area contributed by atoms with Crippen LogP contribution in [0.4, 0.5) is 14.6 Å². The third kappa shape index (κ3) is 3.60. The number of halogens is 2. The van der Waals surface area contributed by atoms with E-state index in [0.29, 0.717) is 35.4 Å². The molecular formula is C17H18F2N10. The average Bonchev–Trinajstić information content (AvgIpc) is 3.18. The van der Waals surface area contributed by atoms with Gasteiger partial charge >= 0.3 is 0 Å². The minimum absolute atomic E-state index is 0.0554. The quantitative estimate of drug-likeness (QED) is 0.227. The van der Waals surface area contributed by atoms with Gasteiger partial charge in [-0.1, -0.05) is 0 Å². The average molecular weight is 400 g/mol. The minimum Gasteiger partial charge on any atom is -0.356 e. The lowest BCUT2D eigenvalue weighted by atomic mass is 9.97. The SMILES string of the molecule is N=N/C(=N\N)C1CCCN(c2ccnc(-c3cnc4cnc(C(F)F)cn34)n2)C1. The van der Waals surface area contributed by atoms with E-state index >= 15 is 0 Å². The molecule has 0 aliphatic carbocycles. The van der Waals surface area contributed by atoms with E-state index in [1.54, 1.807) is 12.3 Å². The van der Waals surface area contributed by atoms with Gasteiger partial charge in [0.05, 0.1) is 12.4 Å². The van der Waals surface area contributed by atoms with E-state index in [4.69, 9.17) is 11.4 Å². The Morgan fingerprint density at radius 2 is 2.14 bits per heavy atom. The van der Waals surface area contributed by atoms with Gasteiger partial charge in [0.1, 0.15) is 17.2 Å². The van der Waals surface area contributed by atoms with Crippen molar-refractivity contribution >= 4 is 17.3 Å². The van der Waals surface area contributed by atoms with Gasteiger partial charge < -0.3 is 10.7 Å². The van der Waals surface area contributed by atoms with Gasteiger partial charge in [0.2, 0.25) is 0 Å². The number of nitrogens with zero attached hydrogens (tertiary/aromatic N) is 8. The Kier molecular flexibility index (Phi) is 5.06. The largest absolute Gasteiger partial charge is 0.356 e. The van der Waals surface area contributed by atoms with Crippen LogP contribution in [-0.2, 0) is 0 Å². The molecule has 1 fully saturated rings. The second-order valence-electron chi connectivity index (χ2n) is 6.61. The summed E-state index contributed by atoms with van der Waals surface area (Å²) in [6.07, 6.45) is 4.71. The zero-order valence-corrected chi connectivity index (χ0v) is 15.3. The van der Waals surface area contributed by atoms with Crippen molar-refractivity contribution in [2.45, 2.75) is 19.3 Å². The van der Waals surface area contributed by atoms with Gasteiger partial charge in [-0.3, -0.25) is 4.40 Å². The third-order valence-electron chi connectivity index (χ3n) is 4.87. The summed E-state index contributed by atoms with van der Waals surface area (Å²) < 4.78 is 27.6. The summed E-state index contributed by atoms with van der Waals surface area (Å²) in [6.45, 7) is 1.34. The molecule has 0 spiro atoms. The standard InChI is InChI=1S/C17H18F2N10/c18-15(19)11-9-29-12(6-24-14(29)7-23-11)17-22-4-3-13(25-17)28-5-1-2-10(8-28)16(26-20)27-21/h3-4,6-7,9-10,15,20H,1-2,5,8,21H2/b26-20?,27-16-. The number of nitrogens with one attached hydrogen (secondary N) is 1. The summed E-state index contributed by atoms with van der Waals surface area (Å²) in [7, 11) is 0. The Morgan fingerprint density at radius 3 is 2.90 bits per heavy atom. The van der Waals surface area contributed by atoms with E-state index in [1.165, 1.54) is 23.0 Å². The first-order valence-electron chi connectivity index (χ1n) is 8.95. The lowest BCUT2D eigenvalue weighted by Gasteiger charge is -2.32. The number of amidine groups is 1. The molecule has 1 unspecified atom stereocenters. The molecule has 1 atom stereocenters. The van der Waals surface area contributed by atoms with E-state index in [9.17, 15) is 8.78 Å². The molecule has 12 heteroatoms. The number of anilines is 1. The van der Waals surface area contributed by atoms with Crippen LogP contribution in [0, 0.1) is 11.4 Å². The highest BCUT2D eigenvalue weighted by Gasteiger charge is 2.26. The molecule has 0 amide bonds. The van der Waals surface area contributed by atoms with Gasteiger partial charge in [-0.2, -0.15) is 5.10 Å². The highest BCUT2D eigenvalue weighted by molar-refractivity contribution is 5.85. The predicted molar refractivity (Wildman–Crippen MR) is 101 cm³/mol. The van der Waals surface area contributed by atoms with Gasteiger partial charge in [0.25, 0.3) is 6.43 Å². The molecule has 150 valence electrons. The van der Waals surface area contributed by atoms with Crippen LogP contribution in [0.15, 0.2) is 41.1 Å². The third-order valence-corrected chi connectivity index (χ3v) is 4.87. The number of piperidine rings is 1. The molecular weight excluding hydrogens is 382 g/mol. The maximum absolute atomic E-state index is 13.0. The smallest absolute Gasteiger partial charge is 0.281 e. The number of hydrogen-bond donors (Lipinski definition) is 2. The van der Waals surface area contributed by atoms with Crippen molar-refractivity contribution in [3.05, 3.63) is 36.5 Å². The zero-order chi connectivity index (χ0) is 20.4. The van der Waals surface area contributed by atoms with Crippen LogP contribution >= 0.6 is 0 Å². The molecule has 10 nitrogen and oxygen atoms in total. The monoisotopic (exact) mass is 400 g/mol. The van der Waals surface area contributed by atoms with Crippen molar-refractivity contribution < 1.29 is 8.78 Å². The molecule has 3 aromatic rings. The molecule has 1 aliphatic heterocycles. The van der Waals surface area contributed by atoms with Gasteiger partial charge in [-0.25, -0.2) is 34.2 Å². The first-order valence-corrected chi connectivity index (χ1v) is 8.95. The van der Waals surface area contributed by atoms with Gasteiger partial charge in [-0.15, -0.1) is 5.11 Å². The summed E-state index contributed by atoms with van der Waals surface area (Å²) in [6, 6.07) is 1.78. The fraction of sp³-hybridized carbons (Fsp3) is 0.353. The van der Waals surface area contributed by atoms with Crippen molar-refractivity contribution in [3.63, 3.8) is 0 Å². The molecule has 0 radical (unpaired) electrons. The number of nitrogens with two attached hydrogens (primary N) is 1. The molecule has 3 N–H and O–H groups in total. The van der Waals surface area contributed by atoms with Crippen molar-refractivity contribution in [1.29, 1.82) is 5.53 Å². The highest BCUT2D eigenvalue weighted by atomic mass is 19.3. The summed E-state index contributed by atoms with van der Waals surface area (Å²) >= 11 is 0. The molecule has 0 aromatic carbocycles. The minimum atomic E-state index is -2.69. The van der Waals surface area contributed by atoms with Crippen LogP contribution in [0.5, 0.6) is 0 Å². The normalized spacial score (nSPS) is 17.8. The van der Waals surface area contributed by atoms with Crippen LogP contribution < -0.4 is 10.7 Å². The molecule has 0 saturated carbocycles. The fourth-order valence-corrected chi connectivity index (χ4v) is 3.45. The molecule has 0 bridgehead atoms. The lowest BCUT2D eigenvalue weighted by molar-refractivity contribution is 0.145. The summed E-state index contributed by atoms with van der Waals surface area (Å²) in [5.74, 6) is 6.62. The van der Waals surface area contributed by atoms with Crippen molar-refractivity contribution in [2.75, 3.05) is 18.0 Å². The molecule has 3 aromatic heterocycles. The van der Waals surface area contributed by atoms with E-state index in [2.05, 4.69) is 30.2 Å². The number of hydrogen-bond acceptors (Lipinski definition) is 8. The highest BCUT2D eigenvalue weighted by Crippen LogP contribution is 2.26. The second-order valence-corrected chi connectivity index (χ2v) is 6.61. The Hall–Kier alpha value is -3.57. The van der Waals surface area contributed by atoms with E-state index in [1.807, 2.05) is 4.90 Å². The Bertz CT molecular complexity index is 1060. The Labute approximate surface area is 164 Å². The van der Waals surface area contributed by atoms with Crippen LogP contribution in [-0.4, -0.2) is 43.3 Å². The topological polar surface area (TPSA) is 134 Å². The number of alkyl halides is 2. The predicted octanol–water partition coefficient (Wildman–Crippen LogP) is 2.64. The molecule has 1 saturated heterocycles. The maximum Gasteiger partial charge on any atom is 0.281 e. The number of aromatic nitrogens is 5. The van der Waals surface area contributed by atoms with Gasteiger partial charge in [0.15, 0.2) is 17.3 Å². The maximum atomic E-state index is 13.0. The Morgan fingerprint density at radius 1 is 1.28 bits per heavy atom. The van der Waals surface area contributed by atoms with Crippen molar-refractivity contribution in [3.8, 4) is 11.5 Å². The number of rotatable bonds is 4. The first-order chi connectivity index (χ1) is 14.1. The van der Waals surface area contributed by atoms with Crippen LogP contribution in [0.3, 0.4) is 0 Å². The number of hydrazone groups is 1. The molecule has 29 heavy (non-hydrogen) atoms. The van der Waals surface area contributed by atoms with Gasteiger partial charge in [0, 0.05) is 31.4 Å². The zero-order valence-electron chi connectivity index (χ0n) is 15.3. The van der Waals surface area contributed by atoms with Crippen molar-refractivity contribution in [2.24, 2.45) is 22.0 Å². The molecule has 4 rings (SSSR count). The van der Waals surface area contributed by atoms with E-state index < -0.39 is 6.43 Å². The van der Waals surface area contributed by atoms with Crippen molar-refractivity contribution in [1.82, 2.24) is 24.3 Å². The molecule has 1 aliphatic rings. The van der Waals surface area contributed by atoms with E-state index in [0.717, 1.165) is 19.4 Å². The first kappa shape index (κ1) is 18.8. The Balaban J connectivity index is 1.67. The second kappa shape index (κ2) is 7.81. The summed E-state index contributed by atoms with van der Waals surface area (Å²) in [5.41, 5.74) is 7.79. The van der Waals surface area contributed by atoms with E-state index in [-0.39, 0.29) is 11.6 Å². The van der Waals surface area contributed by atoms with Crippen LogP contribution in [0.1, 0.15) is 25.0 Å². The summed E-state index contributed by atoms with van der Waals surface area (Å²) in [5, 5.41) is 7.01. The fourth-order valence-electron chi connectivity index (χ4n) is 3.45. The van der Waals surface area contributed by atoms with Crippen LogP contribution in [0.25, 0.3) is 17.2 Å². The number of fused-ring (bicyclic) bond motifs is 1. The van der Waals surface area contributed by atoms with Crippen LogP contribution in [0.2, 0.25) is 0 Å². The lowest BCUT2D eigenvalue weighted by Crippen LogP contribution is -2.39. The number of imidazole rings is 1. The summed E-state index contributed by atoms with van der Waals surface area (Å²) in [4.78, 5) is 18.9. The van der Waals surface area contributed by atoms with Gasteiger partial charge in [-0.05, 0) is 18.9 Å².